The standard InChI is InChI=1S/C29H42F3NO2/c30-29(31,32)25-16-14-23(15-17-25)28-24(18-27(34)35)12-7-13-26(28)33(19-21-8-3-1-4-9-21)20-22-10-5-2-6-11-22/h14-17,21-22,24,26,28H,1-13,18-20H2,(H,34,35). The SMILES string of the molecule is O=C(O)CC1CCCC(N(CC2CCCCC2)CC2CCCCC2)C1c1ccc(C(F)(F)F)cc1. The molecule has 1 N–H and O–H groups in total. The highest BCUT2D eigenvalue weighted by Gasteiger charge is 2.40. The Kier molecular flexibility index (Phi) is 9.18. The molecule has 0 aliphatic heterocycles. The van der Waals surface area contributed by atoms with E-state index < -0.39 is 17.7 Å². The number of benzene rings is 1. The van der Waals surface area contributed by atoms with Crippen LogP contribution in [0.25, 0.3) is 0 Å². The van der Waals surface area contributed by atoms with E-state index in [-0.39, 0.29) is 24.3 Å². The molecule has 0 amide bonds. The summed E-state index contributed by atoms with van der Waals surface area (Å²) in [5.41, 5.74) is 0.246. The third-order valence-electron chi connectivity index (χ3n) is 8.96. The quantitative estimate of drug-likeness (QED) is 0.400. The highest BCUT2D eigenvalue weighted by molar-refractivity contribution is 5.67. The number of aliphatic carboxylic acids is 1. The summed E-state index contributed by atoms with van der Waals surface area (Å²) in [5, 5.41) is 9.67. The zero-order chi connectivity index (χ0) is 24.8. The second-order valence-electron chi connectivity index (χ2n) is 11.5. The zero-order valence-corrected chi connectivity index (χ0v) is 20.9. The summed E-state index contributed by atoms with van der Waals surface area (Å²) < 4.78 is 39.8. The molecular formula is C29H42F3NO2. The van der Waals surface area contributed by atoms with Crippen LogP contribution >= 0.6 is 0 Å². The van der Waals surface area contributed by atoms with Gasteiger partial charge >= 0.3 is 12.1 Å². The van der Waals surface area contributed by atoms with E-state index in [4.69, 9.17) is 0 Å². The van der Waals surface area contributed by atoms with E-state index >= 15 is 0 Å². The highest BCUT2D eigenvalue weighted by atomic mass is 19.4. The topological polar surface area (TPSA) is 40.5 Å². The van der Waals surface area contributed by atoms with Gasteiger partial charge in [-0.05, 0) is 74.0 Å². The first-order chi connectivity index (χ1) is 16.8. The minimum atomic E-state index is -4.36. The maximum Gasteiger partial charge on any atom is 0.416 e. The third-order valence-corrected chi connectivity index (χ3v) is 8.96. The largest absolute Gasteiger partial charge is 0.481 e. The van der Waals surface area contributed by atoms with Crippen molar-refractivity contribution < 1.29 is 23.1 Å². The maximum absolute atomic E-state index is 13.3. The summed E-state index contributed by atoms with van der Waals surface area (Å²) in [5.74, 6) is 0.483. The second kappa shape index (κ2) is 12.1. The monoisotopic (exact) mass is 493 g/mol. The van der Waals surface area contributed by atoms with Crippen LogP contribution in [-0.2, 0) is 11.0 Å². The molecule has 0 radical (unpaired) electrons. The van der Waals surface area contributed by atoms with Crippen molar-refractivity contribution in [2.24, 2.45) is 17.8 Å². The number of alkyl halides is 3. The molecule has 3 fully saturated rings. The summed E-state index contributed by atoms with van der Waals surface area (Å²) in [6, 6.07) is 5.82. The van der Waals surface area contributed by atoms with E-state index in [1.165, 1.54) is 76.3 Å². The number of halogens is 3. The molecule has 6 heteroatoms. The Hall–Kier alpha value is -1.56. The van der Waals surface area contributed by atoms with Crippen molar-refractivity contribution in [3.63, 3.8) is 0 Å². The van der Waals surface area contributed by atoms with Crippen LogP contribution in [0.4, 0.5) is 13.2 Å². The molecule has 1 aromatic carbocycles. The van der Waals surface area contributed by atoms with E-state index in [1.807, 2.05) is 0 Å². The molecule has 196 valence electrons. The molecule has 3 aliphatic carbocycles. The van der Waals surface area contributed by atoms with Gasteiger partial charge in [-0.2, -0.15) is 13.2 Å². The number of carbonyl (C=O) groups is 1. The van der Waals surface area contributed by atoms with Crippen LogP contribution in [0.2, 0.25) is 0 Å². The average Bonchev–Trinajstić information content (AvgIpc) is 2.84. The van der Waals surface area contributed by atoms with E-state index in [1.54, 1.807) is 12.1 Å². The fraction of sp³-hybridized carbons (Fsp3) is 0.759. The predicted molar refractivity (Wildman–Crippen MR) is 132 cm³/mol. The minimum Gasteiger partial charge on any atom is -0.481 e. The van der Waals surface area contributed by atoms with E-state index in [9.17, 15) is 23.1 Å². The molecule has 4 rings (SSSR count). The lowest BCUT2D eigenvalue weighted by Gasteiger charge is -2.47. The predicted octanol–water partition coefficient (Wildman–Crippen LogP) is 7.90. The van der Waals surface area contributed by atoms with Crippen molar-refractivity contribution in [3.8, 4) is 0 Å². The highest BCUT2D eigenvalue weighted by Crippen LogP contribution is 2.44. The second-order valence-corrected chi connectivity index (χ2v) is 11.5. The average molecular weight is 494 g/mol. The Morgan fingerprint density at radius 1 is 0.800 bits per heavy atom. The van der Waals surface area contributed by atoms with E-state index in [0.29, 0.717) is 11.8 Å². The van der Waals surface area contributed by atoms with Crippen LogP contribution in [0, 0.1) is 17.8 Å². The van der Waals surface area contributed by atoms with Gasteiger partial charge in [-0.3, -0.25) is 9.69 Å². The number of carboxylic acids is 1. The Balaban J connectivity index is 1.63. The summed E-state index contributed by atoms with van der Waals surface area (Å²) >= 11 is 0. The van der Waals surface area contributed by atoms with Gasteiger partial charge in [0.05, 0.1) is 5.56 Å². The van der Waals surface area contributed by atoms with Crippen molar-refractivity contribution in [1.82, 2.24) is 4.90 Å². The normalized spacial score (nSPS) is 27.3. The van der Waals surface area contributed by atoms with Crippen LogP contribution < -0.4 is 0 Å². The molecule has 1 aromatic rings. The lowest BCUT2D eigenvalue weighted by Crippen LogP contribution is -2.48. The molecule has 3 atom stereocenters. The molecule has 0 aromatic heterocycles. The number of carboxylic acid groups (broad SMARTS) is 1. The molecule has 3 aliphatic rings. The first-order valence-electron chi connectivity index (χ1n) is 13.9. The van der Waals surface area contributed by atoms with Crippen LogP contribution in [-0.4, -0.2) is 35.1 Å². The first kappa shape index (κ1) is 26.5. The molecular weight excluding hydrogens is 451 g/mol. The van der Waals surface area contributed by atoms with Gasteiger partial charge in [-0.25, -0.2) is 0 Å². The van der Waals surface area contributed by atoms with E-state index in [0.717, 1.165) is 37.9 Å². The molecule has 0 bridgehead atoms. The fourth-order valence-electron chi connectivity index (χ4n) is 7.26. The lowest BCUT2D eigenvalue weighted by molar-refractivity contribution is -0.139. The third kappa shape index (κ3) is 7.24. The van der Waals surface area contributed by atoms with Gasteiger partial charge in [-0.15, -0.1) is 0 Å². The van der Waals surface area contributed by atoms with Crippen molar-refractivity contribution in [1.29, 1.82) is 0 Å². The molecule has 35 heavy (non-hydrogen) atoms. The minimum absolute atomic E-state index is 0.0330. The van der Waals surface area contributed by atoms with Gasteiger partial charge in [0, 0.05) is 31.5 Å². The number of hydrogen-bond donors (Lipinski definition) is 1. The molecule has 3 unspecified atom stereocenters. The van der Waals surface area contributed by atoms with Gasteiger partial charge in [0.1, 0.15) is 0 Å². The first-order valence-corrected chi connectivity index (χ1v) is 13.9. The van der Waals surface area contributed by atoms with Crippen molar-refractivity contribution in [3.05, 3.63) is 35.4 Å². The van der Waals surface area contributed by atoms with Crippen molar-refractivity contribution in [2.45, 2.75) is 108 Å². The maximum atomic E-state index is 13.3. The van der Waals surface area contributed by atoms with Crippen molar-refractivity contribution >= 4 is 5.97 Å². The summed E-state index contributed by atoms with van der Waals surface area (Å²) in [6.07, 6.45) is 11.4. The Morgan fingerprint density at radius 2 is 1.34 bits per heavy atom. The fourth-order valence-corrected chi connectivity index (χ4v) is 7.26. The molecule has 0 saturated heterocycles. The Labute approximate surface area is 208 Å². The molecule has 3 saturated carbocycles. The number of nitrogens with zero attached hydrogens (tertiary/aromatic N) is 1. The summed E-state index contributed by atoms with van der Waals surface area (Å²) in [7, 11) is 0. The smallest absolute Gasteiger partial charge is 0.416 e. The Morgan fingerprint density at radius 3 is 1.83 bits per heavy atom. The van der Waals surface area contributed by atoms with Gasteiger partial charge in [-0.1, -0.05) is 57.1 Å². The van der Waals surface area contributed by atoms with Crippen molar-refractivity contribution in [2.75, 3.05) is 13.1 Å². The van der Waals surface area contributed by atoms with Crippen LogP contribution in [0.3, 0.4) is 0 Å². The van der Waals surface area contributed by atoms with Crippen LogP contribution in [0.1, 0.15) is 107 Å². The zero-order valence-electron chi connectivity index (χ0n) is 20.9. The van der Waals surface area contributed by atoms with Crippen LogP contribution in [0.5, 0.6) is 0 Å². The van der Waals surface area contributed by atoms with Gasteiger partial charge < -0.3 is 5.11 Å². The molecule has 0 spiro atoms. The number of rotatable bonds is 8. The lowest BCUT2D eigenvalue weighted by atomic mass is 9.69. The van der Waals surface area contributed by atoms with E-state index in [2.05, 4.69) is 4.90 Å². The summed E-state index contributed by atoms with van der Waals surface area (Å²) in [6.45, 7) is 2.11. The van der Waals surface area contributed by atoms with Gasteiger partial charge in [0.15, 0.2) is 0 Å². The summed E-state index contributed by atoms with van der Waals surface area (Å²) in [4.78, 5) is 14.5. The number of hydrogen-bond acceptors (Lipinski definition) is 2. The molecule has 3 nitrogen and oxygen atoms in total. The van der Waals surface area contributed by atoms with Gasteiger partial charge in [0.25, 0.3) is 0 Å². The Bertz CT molecular complexity index is 777. The van der Waals surface area contributed by atoms with Crippen LogP contribution in [0.15, 0.2) is 24.3 Å². The van der Waals surface area contributed by atoms with Gasteiger partial charge in [0.2, 0.25) is 0 Å². The molecule has 0 heterocycles.